The van der Waals surface area contributed by atoms with Crippen molar-refractivity contribution in [3.05, 3.63) is 47.5 Å². The molecule has 6 amide bonds. The summed E-state index contributed by atoms with van der Waals surface area (Å²) in [6, 6.07) is 1.40. The molecule has 3 fully saturated rings. The summed E-state index contributed by atoms with van der Waals surface area (Å²) >= 11 is 0. The normalized spacial score (nSPS) is 20.8. The van der Waals surface area contributed by atoms with Gasteiger partial charge >= 0.3 is 11.9 Å². The number of ether oxygens (including phenoxy) is 1. The number of esters is 1. The van der Waals surface area contributed by atoms with Crippen LogP contribution in [0, 0.1) is 11.8 Å². The molecule has 7 N–H and O–H groups in total. The lowest BCUT2D eigenvalue weighted by molar-refractivity contribution is -0.148. The van der Waals surface area contributed by atoms with Crippen LogP contribution in [0.1, 0.15) is 137 Å². The lowest BCUT2D eigenvalue weighted by Gasteiger charge is -2.39. The second kappa shape index (κ2) is 22.2. The first-order valence-electron chi connectivity index (χ1n) is 21.1. The van der Waals surface area contributed by atoms with E-state index in [1.807, 2.05) is 6.92 Å². The number of amides is 6. The molecule has 59 heavy (non-hydrogen) atoms. The number of hydrogen-bond acceptors (Lipinski definition) is 9. The number of primary amides is 1. The van der Waals surface area contributed by atoms with Crippen LogP contribution >= 0.6 is 0 Å². The fourth-order valence-electron chi connectivity index (χ4n) is 8.74. The Morgan fingerprint density at radius 1 is 0.814 bits per heavy atom. The number of carbonyl (C=O) groups is 8. The van der Waals surface area contributed by atoms with Gasteiger partial charge in [-0.1, -0.05) is 70.1 Å². The SMILES string of the molecule is CCC[C@H](NC(=O)[C@H](CC/C=C/C(=O)OC)NC(=O)c1ccccc1C(=O)O)C(=O)N1CCC[C@@]1(C)C(=O)N[C@H](C(=O)N[C@H](C(N)=O)C1CCCCC1)C1CCCCC1. The van der Waals surface area contributed by atoms with Crippen molar-refractivity contribution in [3.8, 4) is 0 Å². The van der Waals surface area contributed by atoms with E-state index in [1.165, 1.54) is 48.4 Å². The van der Waals surface area contributed by atoms with Crippen molar-refractivity contribution < 1.29 is 48.2 Å². The summed E-state index contributed by atoms with van der Waals surface area (Å²) in [5.41, 5.74) is 4.01. The third kappa shape index (κ3) is 12.4. The van der Waals surface area contributed by atoms with Gasteiger partial charge in [-0.15, -0.1) is 0 Å². The van der Waals surface area contributed by atoms with E-state index >= 15 is 0 Å². The number of nitrogens with one attached hydrogen (secondary N) is 4. The highest BCUT2D eigenvalue weighted by atomic mass is 16.5. The van der Waals surface area contributed by atoms with Gasteiger partial charge in [0.1, 0.15) is 29.7 Å². The van der Waals surface area contributed by atoms with E-state index in [0.29, 0.717) is 32.1 Å². The summed E-state index contributed by atoms with van der Waals surface area (Å²) in [6.45, 7) is 3.70. The first kappa shape index (κ1) is 46.4. The second-order valence-corrected chi connectivity index (χ2v) is 16.2. The van der Waals surface area contributed by atoms with Crippen LogP contribution in [0.2, 0.25) is 0 Å². The molecule has 1 aromatic rings. The van der Waals surface area contributed by atoms with Gasteiger partial charge < -0.3 is 41.7 Å². The molecule has 1 aliphatic heterocycles. The van der Waals surface area contributed by atoms with Crippen LogP contribution in [0.25, 0.3) is 0 Å². The molecule has 1 heterocycles. The lowest BCUT2D eigenvalue weighted by Crippen LogP contribution is -2.64. The summed E-state index contributed by atoms with van der Waals surface area (Å²) in [5, 5.41) is 21.0. The van der Waals surface area contributed by atoms with Gasteiger partial charge in [0.25, 0.3) is 5.91 Å². The standard InChI is InChI=1S/C43H62N6O10/c1-4-16-32(46-38(53)31(23-13-14-24-33(50)59-3)45-37(52)29-21-11-12-22-30(29)41(56)57)40(55)49-26-15-25-43(49,2)42(58)48-35(28-19-9-6-10-20-28)39(54)47-34(36(44)51)27-17-7-5-8-18-27/h11-12,14,21-22,24,27-28,31-32,34-35H,4-10,13,15-20,23,25-26H2,1-3H3,(H2,44,51)(H,45,52)(H,46,53)(H,47,54)(H,48,58)(H,56,57)/b24-14+/t31-,32-,34-,35-,43-/m0/s1. The Hall–Kier alpha value is -5.28. The van der Waals surface area contributed by atoms with Crippen LogP contribution in [0.5, 0.6) is 0 Å². The van der Waals surface area contributed by atoms with Crippen molar-refractivity contribution in [1.82, 2.24) is 26.2 Å². The molecule has 0 unspecified atom stereocenters. The maximum atomic E-state index is 14.4. The molecule has 1 aromatic carbocycles. The van der Waals surface area contributed by atoms with E-state index in [9.17, 15) is 43.5 Å². The summed E-state index contributed by atoms with van der Waals surface area (Å²) in [6.07, 6.45) is 13.0. The van der Waals surface area contributed by atoms with E-state index in [0.717, 1.165) is 51.4 Å². The van der Waals surface area contributed by atoms with Crippen molar-refractivity contribution in [3.63, 3.8) is 0 Å². The van der Waals surface area contributed by atoms with Crippen LogP contribution < -0.4 is 27.0 Å². The topological polar surface area (TPSA) is 243 Å². The lowest BCUT2D eigenvalue weighted by atomic mass is 9.81. The second-order valence-electron chi connectivity index (χ2n) is 16.2. The summed E-state index contributed by atoms with van der Waals surface area (Å²) in [5.74, 6) is -5.82. The average molecular weight is 823 g/mol. The van der Waals surface area contributed by atoms with Crippen LogP contribution in [-0.4, -0.2) is 101 Å². The molecule has 0 bridgehead atoms. The number of allylic oxidation sites excluding steroid dienone is 1. The number of nitrogens with two attached hydrogens (primary N) is 1. The Labute approximate surface area is 346 Å². The Morgan fingerprint density at radius 3 is 2.00 bits per heavy atom. The fraction of sp³-hybridized carbons (Fsp3) is 0.628. The third-order valence-corrected chi connectivity index (χ3v) is 12.1. The molecule has 3 aliphatic rings. The smallest absolute Gasteiger partial charge is 0.336 e. The molecule has 1 saturated heterocycles. The molecule has 4 rings (SSSR count). The third-order valence-electron chi connectivity index (χ3n) is 12.1. The zero-order valence-corrected chi connectivity index (χ0v) is 34.6. The highest BCUT2D eigenvalue weighted by molar-refractivity contribution is 6.06. The van der Waals surface area contributed by atoms with Crippen LogP contribution in [0.15, 0.2) is 36.4 Å². The van der Waals surface area contributed by atoms with E-state index < -0.39 is 77.1 Å². The van der Waals surface area contributed by atoms with Crippen molar-refractivity contribution in [2.45, 2.75) is 146 Å². The van der Waals surface area contributed by atoms with Crippen LogP contribution in [0.3, 0.4) is 0 Å². The first-order chi connectivity index (χ1) is 28.2. The number of benzene rings is 1. The van der Waals surface area contributed by atoms with Crippen molar-refractivity contribution in [2.75, 3.05) is 13.7 Å². The number of carbonyl (C=O) groups excluding carboxylic acids is 7. The predicted molar refractivity (Wildman–Crippen MR) is 217 cm³/mol. The van der Waals surface area contributed by atoms with Gasteiger partial charge in [0.05, 0.1) is 18.2 Å². The van der Waals surface area contributed by atoms with Crippen molar-refractivity contribution in [1.29, 1.82) is 0 Å². The fourth-order valence-corrected chi connectivity index (χ4v) is 8.74. The molecular weight excluding hydrogens is 761 g/mol. The minimum atomic E-state index is -1.37. The van der Waals surface area contributed by atoms with Crippen molar-refractivity contribution >= 4 is 47.4 Å². The molecule has 16 nitrogen and oxygen atoms in total. The van der Waals surface area contributed by atoms with E-state index in [-0.39, 0.29) is 48.8 Å². The van der Waals surface area contributed by atoms with Gasteiger partial charge in [0.2, 0.25) is 29.5 Å². The van der Waals surface area contributed by atoms with Crippen LogP contribution in [-0.2, 0) is 33.5 Å². The molecule has 324 valence electrons. The average Bonchev–Trinajstić information content (AvgIpc) is 3.64. The summed E-state index contributed by atoms with van der Waals surface area (Å²) in [7, 11) is 1.22. The van der Waals surface area contributed by atoms with Gasteiger partial charge in [-0.3, -0.25) is 28.8 Å². The predicted octanol–water partition coefficient (Wildman–Crippen LogP) is 3.27. The van der Waals surface area contributed by atoms with Gasteiger partial charge in [0.15, 0.2) is 0 Å². The molecule has 2 saturated carbocycles. The minimum Gasteiger partial charge on any atom is -0.478 e. The highest BCUT2D eigenvalue weighted by Gasteiger charge is 2.49. The number of carboxylic acid groups (broad SMARTS) is 1. The largest absolute Gasteiger partial charge is 0.478 e. The van der Waals surface area contributed by atoms with Gasteiger partial charge in [-0.25, -0.2) is 9.59 Å². The number of likely N-dealkylation sites (tertiary alicyclic amines) is 1. The van der Waals surface area contributed by atoms with Gasteiger partial charge in [0, 0.05) is 12.6 Å². The van der Waals surface area contributed by atoms with E-state index in [4.69, 9.17) is 5.73 Å². The molecule has 0 spiro atoms. The number of aromatic carboxylic acids is 1. The number of rotatable bonds is 19. The minimum absolute atomic E-state index is 0.0147. The molecule has 16 heteroatoms. The first-order valence-corrected chi connectivity index (χ1v) is 21.1. The van der Waals surface area contributed by atoms with E-state index in [2.05, 4.69) is 26.0 Å². The van der Waals surface area contributed by atoms with Gasteiger partial charge in [-0.05, 0) is 88.7 Å². The number of methoxy groups -OCH3 is 1. The molecular formula is C43H62N6O10. The molecule has 2 aliphatic carbocycles. The summed E-state index contributed by atoms with van der Waals surface area (Å²) in [4.78, 5) is 108. The zero-order valence-electron chi connectivity index (χ0n) is 34.6. The van der Waals surface area contributed by atoms with Crippen molar-refractivity contribution in [2.24, 2.45) is 17.6 Å². The monoisotopic (exact) mass is 822 g/mol. The Balaban J connectivity index is 1.54. The Kier molecular flexibility index (Phi) is 17.5. The zero-order chi connectivity index (χ0) is 43.1. The maximum Gasteiger partial charge on any atom is 0.336 e. The Morgan fingerprint density at radius 2 is 1.42 bits per heavy atom. The van der Waals surface area contributed by atoms with Crippen LogP contribution in [0.4, 0.5) is 0 Å². The van der Waals surface area contributed by atoms with E-state index in [1.54, 1.807) is 6.92 Å². The summed E-state index contributed by atoms with van der Waals surface area (Å²) < 4.78 is 4.62. The molecule has 0 radical (unpaired) electrons. The molecule has 0 aromatic heterocycles. The Bertz CT molecular complexity index is 1720. The number of carboxylic acids is 1. The quantitative estimate of drug-likeness (QED) is 0.0879. The highest BCUT2D eigenvalue weighted by Crippen LogP contribution is 2.33. The number of hydrogen-bond donors (Lipinski definition) is 6. The molecule has 5 atom stereocenters. The van der Waals surface area contributed by atoms with Gasteiger partial charge in [-0.2, -0.15) is 0 Å². The number of nitrogens with zero attached hydrogens (tertiary/aromatic N) is 1. The maximum absolute atomic E-state index is 14.4.